The minimum absolute atomic E-state index is 0.626. The normalized spacial score (nSPS) is 11.6. The Labute approximate surface area is 292 Å². The van der Waals surface area contributed by atoms with Gasteiger partial charge in [-0.05, 0) is 35.9 Å². The van der Waals surface area contributed by atoms with Crippen LogP contribution in [0.4, 0.5) is 0 Å². The van der Waals surface area contributed by atoms with E-state index in [9.17, 15) is 0 Å². The quantitative estimate of drug-likeness (QED) is 0.185. The minimum atomic E-state index is 0.626. The SMILES string of the molecule is c1ccc(-c2nc(-c3cccc(-c4ccccc4)c3-n3c4ccccc4c4ccccc43)nc(-c3cccc4c3sc3ccccc34)n2)cc1. The van der Waals surface area contributed by atoms with Crippen molar-refractivity contribution >= 4 is 53.3 Å². The van der Waals surface area contributed by atoms with E-state index in [2.05, 4.69) is 156 Å². The average molecular weight is 657 g/mol. The number of para-hydroxylation sites is 3. The van der Waals surface area contributed by atoms with Gasteiger partial charge in [-0.3, -0.25) is 0 Å². The van der Waals surface area contributed by atoms with Gasteiger partial charge < -0.3 is 4.57 Å². The van der Waals surface area contributed by atoms with Crippen LogP contribution in [0.5, 0.6) is 0 Å². The van der Waals surface area contributed by atoms with Crippen LogP contribution in [0.1, 0.15) is 0 Å². The van der Waals surface area contributed by atoms with Gasteiger partial charge in [0, 0.05) is 53.2 Å². The standard InChI is InChI=1S/C45H28N4S/c1-3-15-29(16-4-1)31-22-13-24-36(41(31)49-38-26-10-7-19-32(38)33-20-8-11-27-39(33)49)44-46-43(30-17-5-2-6-18-30)47-45(48-44)37-25-14-23-35-34-21-9-12-28-40(34)50-42(35)37/h1-28H. The lowest BCUT2D eigenvalue weighted by molar-refractivity contribution is 1.07. The molecule has 0 fully saturated rings. The molecule has 50 heavy (non-hydrogen) atoms. The second-order valence-electron chi connectivity index (χ2n) is 12.4. The van der Waals surface area contributed by atoms with Gasteiger partial charge in [0.25, 0.3) is 0 Å². The fourth-order valence-corrected chi connectivity index (χ4v) is 8.45. The molecule has 0 amide bonds. The molecule has 0 spiro atoms. The second kappa shape index (κ2) is 11.6. The van der Waals surface area contributed by atoms with E-state index in [1.165, 1.54) is 30.9 Å². The van der Waals surface area contributed by atoms with Gasteiger partial charge in [-0.2, -0.15) is 0 Å². The number of fused-ring (bicyclic) bond motifs is 6. The molecular formula is C45H28N4S. The highest BCUT2D eigenvalue weighted by molar-refractivity contribution is 7.26. The molecule has 0 saturated carbocycles. The lowest BCUT2D eigenvalue weighted by Gasteiger charge is -2.19. The molecule has 10 rings (SSSR count). The van der Waals surface area contributed by atoms with Crippen molar-refractivity contribution in [3.05, 3.63) is 170 Å². The number of nitrogens with zero attached hydrogens (tertiary/aromatic N) is 4. The van der Waals surface area contributed by atoms with E-state index in [0.717, 1.165) is 44.5 Å². The highest BCUT2D eigenvalue weighted by Gasteiger charge is 2.23. The Morgan fingerprint density at radius 2 is 0.860 bits per heavy atom. The molecule has 234 valence electrons. The first kappa shape index (κ1) is 28.6. The lowest BCUT2D eigenvalue weighted by atomic mass is 9.98. The fourth-order valence-electron chi connectivity index (χ4n) is 7.24. The first-order valence-electron chi connectivity index (χ1n) is 16.7. The molecule has 0 aliphatic rings. The maximum Gasteiger partial charge on any atom is 0.166 e. The zero-order chi connectivity index (χ0) is 33.0. The monoisotopic (exact) mass is 656 g/mol. The largest absolute Gasteiger partial charge is 0.308 e. The van der Waals surface area contributed by atoms with Gasteiger partial charge >= 0.3 is 0 Å². The molecule has 4 nitrogen and oxygen atoms in total. The summed E-state index contributed by atoms with van der Waals surface area (Å²) >= 11 is 1.79. The lowest BCUT2D eigenvalue weighted by Crippen LogP contribution is -2.05. The molecule has 0 unspecified atom stereocenters. The molecule has 0 saturated heterocycles. The predicted octanol–water partition coefficient (Wildman–Crippen LogP) is 12.0. The Morgan fingerprint density at radius 3 is 1.58 bits per heavy atom. The van der Waals surface area contributed by atoms with Crippen molar-refractivity contribution in [1.82, 2.24) is 19.5 Å². The van der Waals surface area contributed by atoms with Crippen LogP contribution in [0.2, 0.25) is 0 Å². The topological polar surface area (TPSA) is 43.6 Å². The van der Waals surface area contributed by atoms with Crippen molar-refractivity contribution in [3.63, 3.8) is 0 Å². The third kappa shape index (κ3) is 4.55. The molecule has 0 atom stereocenters. The zero-order valence-corrected chi connectivity index (χ0v) is 27.7. The minimum Gasteiger partial charge on any atom is -0.308 e. The molecule has 3 aromatic heterocycles. The predicted molar refractivity (Wildman–Crippen MR) is 209 cm³/mol. The summed E-state index contributed by atoms with van der Waals surface area (Å²) in [5, 5.41) is 4.86. The number of thiophene rings is 1. The van der Waals surface area contributed by atoms with Crippen molar-refractivity contribution in [2.45, 2.75) is 0 Å². The molecule has 0 bridgehead atoms. The van der Waals surface area contributed by atoms with Crippen LogP contribution in [0.15, 0.2) is 170 Å². The number of hydrogen-bond donors (Lipinski definition) is 0. The highest BCUT2D eigenvalue weighted by atomic mass is 32.1. The van der Waals surface area contributed by atoms with Crippen LogP contribution >= 0.6 is 11.3 Å². The molecule has 7 aromatic carbocycles. The molecule has 0 aliphatic carbocycles. The maximum atomic E-state index is 5.36. The third-order valence-corrected chi connectivity index (χ3v) is 10.7. The van der Waals surface area contributed by atoms with Gasteiger partial charge in [0.2, 0.25) is 0 Å². The summed E-state index contributed by atoms with van der Waals surface area (Å²) in [6.07, 6.45) is 0. The summed E-state index contributed by atoms with van der Waals surface area (Å²) in [6, 6.07) is 59.6. The van der Waals surface area contributed by atoms with E-state index in [0.29, 0.717) is 17.5 Å². The number of aromatic nitrogens is 4. The average Bonchev–Trinajstić information content (AvgIpc) is 3.74. The smallest absolute Gasteiger partial charge is 0.166 e. The maximum absolute atomic E-state index is 5.36. The van der Waals surface area contributed by atoms with Gasteiger partial charge in [0.15, 0.2) is 17.5 Å². The van der Waals surface area contributed by atoms with E-state index in [1.54, 1.807) is 11.3 Å². The Bertz CT molecular complexity index is 2820. The fraction of sp³-hybridized carbons (Fsp3) is 0. The molecule has 0 radical (unpaired) electrons. The summed E-state index contributed by atoms with van der Waals surface area (Å²) in [4.78, 5) is 15.8. The van der Waals surface area contributed by atoms with E-state index >= 15 is 0 Å². The summed E-state index contributed by atoms with van der Waals surface area (Å²) in [6.45, 7) is 0. The van der Waals surface area contributed by atoms with E-state index in [-0.39, 0.29) is 0 Å². The number of benzene rings is 7. The first-order chi connectivity index (χ1) is 24.8. The van der Waals surface area contributed by atoms with Crippen molar-refractivity contribution in [3.8, 4) is 51.0 Å². The Morgan fingerprint density at radius 1 is 0.360 bits per heavy atom. The summed E-state index contributed by atoms with van der Waals surface area (Å²) in [5.41, 5.74) is 8.40. The van der Waals surface area contributed by atoms with Gasteiger partial charge in [-0.25, -0.2) is 15.0 Å². The van der Waals surface area contributed by atoms with Crippen LogP contribution in [0.3, 0.4) is 0 Å². The van der Waals surface area contributed by atoms with Gasteiger partial charge in [0.05, 0.1) is 16.7 Å². The van der Waals surface area contributed by atoms with Crippen LogP contribution in [0.25, 0.3) is 93.0 Å². The van der Waals surface area contributed by atoms with E-state index < -0.39 is 0 Å². The van der Waals surface area contributed by atoms with Gasteiger partial charge in [-0.1, -0.05) is 140 Å². The van der Waals surface area contributed by atoms with Gasteiger partial charge in [0.1, 0.15) is 0 Å². The summed E-state index contributed by atoms with van der Waals surface area (Å²) in [7, 11) is 0. The summed E-state index contributed by atoms with van der Waals surface area (Å²) < 4.78 is 4.81. The molecular weight excluding hydrogens is 629 g/mol. The summed E-state index contributed by atoms with van der Waals surface area (Å²) in [5.74, 6) is 1.92. The Kier molecular flexibility index (Phi) is 6.64. The second-order valence-corrected chi connectivity index (χ2v) is 13.4. The highest BCUT2D eigenvalue weighted by Crippen LogP contribution is 2.42. The molecule has 10 aromatic rings. The van der Waals surface area contributed by atoms with Crippen molar-refractivity contribution in [2.24, 2.45) is 0 Å². The molecule has 3 heterocycles. The van der Waals surface area contributed by atoms with Crippen LogP contribution in [0, 0.1) is 0 Å². The van der Waals surface area contributed by atoms with Gasteiger partial charge in [-0.15, -0.1) is 11.3 Å². The van der Waals surface area contributed by atoms with E-state index in [1.807, 2.05) is 18.2 Å². The zero-order valence-electron chi connectivity index (χ0n) is 26.9. The first-order valence-corrected chi connectivity index (χ1v) is 17.5. The Hall–Kier alpha value is -6.43. The van der Waals surface area contributed by atoms with Crippen LogP contribution in [-0.4, -0.2) is 19.5 Å². The van der Waals surface area contributed by atoms with Crippen molar-refractivity contribution in [2.75, 3.05) is 0 Å². The molecule has 0 aliphatic heterocycles. The van der Waals surface area contributed by atoms with Crippen LogP contribution < -0.4 is 0 Å². The molecule has 5 heteroatoms. The Balaban J connectivity index is 1.31. The third-order valence-electron chi connectivity index (χ3n) is 9.48. The number of hydrogen-bond acceptors (Lipinski definition) is 4. The van der Waals surface area contributed by atoms with Crippen LogP contribution in [-0.2, 0) is 0 Å². The van der Waals surface area contributed by atoms with E-state index in [4.69, 9.17) is 15.0 Å². The number of rotatable bonds is 5. The van der Waals surface area contributed by atoms with Crippen molar-refractivity contribution < 1.29 is 0 Å². The van der Waals surface area contributed by atoms with Crippen molar-refractivity contribution in [1.29, 1.82) is 0 Å². The molecule has 0 N–H and O–H groups in total.